The van der Waals surface area contributed by atoms with Crippen molar-refractivity contribution in [3.8, 4) is 0 Å². The van der Waals surface area contributed by atoms with Crippen LogP contribution in [0, 0.1) is 6.92 Å². The molecular formula is C18H25N7OS. The van der Waals surface area contributed by atoms with Crippen molar-refractivity contribution in [1.29, 1.82) is 0 Å². The summed E-state index contributed by atoms with van der Waals surface area (Å²) in [5, 5.41) is 1.07. The summed E-state index contributed by atoms with van der Waals surface area (Å²) >= 11 is 1.54. The van der Waals surface area contributed by atoms with Gasteiger partial charge in [0.1, 0.15) is 11.6 Å². The minimum atomic E-state index is 0.621. The summed E-state index contributed by atoms with van der Waals surface area (Å²) in [5.74, 6) is 3.53. The first kappa shape index (κ1) is 17.1. The molecule has 1 saturated carbocycles. The summed E-state index contributed by atoms with van der Waals surface area (Å²) in [6.07, 6.45) is 2.50. The zero-order chi connectivity index (χ0) is 18.2. The van der Waals surface area contributed by atoms with E-state index in [9.17, 15) is 0 Å². The van der Waals surface area contributed by atoms with Crippen LogP contribution < -0.4 is 14.7 Å². The van der Waals surface area contributed by atoms with Gasteiger partial charge in [-0.3, -0.25) is 0 Å². The largest absolute Gasteiger partial charge is 0.378 e. The molecule has 3 aliphatic rings. The summed E-state index contributed by atoms with van der Waals surface area (Å²) in [5.41, 5.74) is 1.02. The molecule has 3 fully saturated rings. The van der Waals surface area contributed by atoms with Crippen LogP contribution >= 0.6 is 11.5 Å². The van der Waals surface area contributed by atoms with Gasteiger partial charge in [0.25, 0.3) is 0 Å². The van der Waals surface area contributed by atoms with Gasteiger partial charge in [-0.15, -0.1) is 0 Å². The Balaban J connectivity index is 1.26. The van der Waals surface area contributed by atoms with E-state index in [4.69, 9.17) is 19.7 Å². The molecule has 0 amide bonds. The third kappa shape index (κ3) is 3.70. The van der Waals surface area contributed by atoms with Crippen LogP contribution in [0.25, 0.3) is 0 Å². The molecule has 2 aliphatic heterocycles. The lowest BCUT2D eigenvalue weighted by atomic mass is 10.3. The van der Waals surface area contributed by atoms with Crippen LogP contribution in [0.15, 0.2) is 6.07 Å². The van der Waals surface area contributed by atoms with Crippen LogP contribution in [-0.2, 0) is 4.74 Å². The van der Waals surface area contributed by atoms with Crippen LogP contribution in [0.5, 0.6) is 0 Å². The minimum Gasteiger partial charge on any atom is -0.378 e. The quantitative estimate of drug-likeness (QED) is 0.785. The lowest BCUT2D eigenvalue weighted by Gasteiger charge is -2.35. The van der Waals surface area contributed by atoms with Crippen molar-refractivity contribution < 1.29 is 4.74 Å². The fourth-order valence-electron chi connectivity index (χ4n) is 3.59. The van der Waals surface area contributed by atoms with Gasteiger partial charge in [-0.1, -0.05) is 0 Å². The zero-order valence-corrected chi connectivity index (χ0v) is 16.5. The average molecular weight is 388 g/mol. The van der Waals surface area contributed by atoms with E-state index in [0.717, 1.165) is 80.9 Å². The number of aryl methyl sites for hydroxylation is 1. The van der Waals surface area contributed by atoms with Crippen LogP contribution in [0.4, 0.5) is 16.9 Å². The second-order valence-corrected chi connectivity index (χ2v) is 8.18. The highest BCUT2D eigenvalue weighted by atomic mass is 32.1. The number of morpholine rings is 1. The molecule has 0 aromatic carbocycles. The monoisotopic (exact) mass is 387 g/mol. The Morgan fingerprint density at radius 2 is 1.67 bits per heavy atom. The van der Waals surface area contributed by atoms with E-state index in [1.807, 2.05) is 6.92 Å². The maximum absolute atomic E-state index is 5.46. The molecule has 1 aliphatic carbocycles. The molecule has 0 atom stereocenters. The maximum Gasteiger partial charge on any atom is 0.227 e. The van der Waals surface area contributed by atoms with Crippen molar-refractivity contribution in [2.75, 3.05) is 67.2 Å². The SMILES string of the molecule is Cc1cc(N2CCOCC2)nc(N2CCN(c3nc(C4CC4)ns3)CC2)n1. The van der Waals surface area contributed by atoms with Gasteiger partial charge in [-0.25, -0.2) is 9.97 Å². The van der Waals surface area contributed by atoms with Gasteiger partial charge in [0.05, 0.1) is 13.2 Å². The molecule has 5 rings (SSSR count). The number of aromatic nitrogens is 4. The molecule has 0 spiro atoms. The summed E-state index contributed by atoms with van der Waals surface area (Å²) < 4.78 is 10.0. The minimum absolute atomic E-state index is 0.621. The molecule has 8 nitrogen and oxygen atoms in total. The molecule has 0 unspecified atom stereocenters. The maximum atomic E-state index is 5.46. The number of ether oxygens (including phenoxy) is 1. The molecule has 4 heterocycles. The third-order valence-corrected chi connectivity index (χ3v) is 6.16. The normalized spacial score (nSPS) is 21.0. The Kier molecular flexibility index (Phi) is 4.56. The summed E-state index contributed by atoms with van der Waals surface area (Å²) in [6, 6.07) is 2.08. The standard InChI is InChI=1S/C18H25N7OS/c1-13-12-15(23-8-10-26-11-9-23)20-17(19-13)24-4-6-25(7-5-24)18-21-16(22-27-18)14-2-3-14/h12,14H,2-11H2,1H3. The van der Waals surface area contributed by atoms with Gasteiger partial charge in [0, 0.05) is 68.5 Å². The van der Waals surface area contributed by atoms with E-state index < -0.39 is 0 Å². The number of hydrogen-bond acceptors (Lipinski definition) is 9. The molecule has 27 heavy (non-hydrogen) atoms. The van der Waals surface area contributed by atoms with Gasteiger partial charge in [-0.2, -0.15) is 9.36 Å². The number of nitrogens with zero attached hydrogens (tertiary/aromatic N) is 7. The molecule has 0 N–H and O–H groups in total. The summed E-state index contributed by atoms with van der Waals surface area (Å²) in [7, 11) is 0. The van der Waals surface area contributed by atoms with E-state index in [-0.39, 0.29) is 0 Å². The first-order valence-corrected chi connectivity index (χ1v) is 10.6. The second-order valence-electron chi connectivity index (χ2n) is 7.45. The average Bonchev–Trinajstić information content (AvgIpc) is 3.45. The molecular weight excluding hydrogens is 362 g/mol. The molecule has 0 radical (unpaired) electrons. The highest BCUT2D eigenvalue weighted by Gasteiger charge is 2.29. The van der Waals surface area contributed by atoms with E-state index in [1.54, 1.807) is 11.5 Å². The predicted octanol–water partition coefficient (Wildman–Crippen LogP) is 1.68. The van der Waals surface area contributed by atoms with Crippen LogP contribution in [0.1, 0.15) is 30.3 Å². The van der Waals surface area contributed by atoms with Gasteiger partial charge in [0.15, 0.2) is 0 Å². The van der Waals surface area contributed by atoms with E-state index in [1.165, 1.54) is 12.8 Å². The smallest absolute Gasteiger partial charge is 0.227 e. The van der Waals surface area contributed by atoms with Crippen molar-refractivity contribution in [3.63, 3.8) is 0 Å². The first-order chi connectivity index (χ1) is 13.3. The fraction of sp³-hybridized carbons (Fsp3) is 0.667. The Bertz CT molecular complexity index is 795. The molecule has 0 bridgehead atoms. The van der Waals surface area contributed by atoms with Crippen LogP contribution in [0.2, 0.25) is 0 Å². The van der Waals surface area contributed by atoms with E-state index in [0.29, 0.717) is 5.92 Å². The summed E-state index contributed by atoms with van der Waals surface area (Å²) in [6.45, 7) is 9.05. The Hall–Kier alpha value is -2.00. The lowest BCUT2D eigenvalue weighted by Crippen LogP contribution is -2.47. The highest BCUT2D eigenvalue weighted by Crippen LogP contribution is 2.39. The van der Waals surface area contributed by atoms with Crippen LogP contribution in [0.3, 0.4) is 0 Å². The topological polar surface area (TPSA) is 70.5 Å². The number of rotatable bonds is 4. The van der Waals surface area contributed by atoms with E-state index in [2.05, 4.69) is 25.1 Å². The summed E-state index contributed by atoms with van der Waals surface area (Å²) in [4.78, 5) is 21.2. The zero-order valence-electron chi connectivity index (χ0n) is 15.7. The van der Waals surface area contributed by atoms with Crippen LogP contribution in [-0.4, -0.2) is 71.8 Å². The van der Waals surface area contributed by atoms with Gasteiger partial charge < -0.3 is 19.4 Å². The van der Waals surface area contributed by atoms with Crippen molar-refractivity contribution in [3.05, 3.63) is 17.6 Å². The fourth-order valence-corrected chi connectivity index (χ4v) is 4.39. The molecule has 2 saturated heterocycles. The molecule has 9 heteroatoms. The Labute approximate surface area is 163 Å². The first-order valence-electron chi connectivity index (χ1n) is 9.78. The molecule has 2 aromatic rings. The number of piperazine rings is 1. The number of anilines is 3. The predicted molar refractivity (Wildman–Crippen MR) is 106 cm³/mol. The van der Waals surface area contributed by atoms with Gasteiger partial charge >= 0.3 is 0 Å². The van der Waals surface area contributed by atoms with Gasteiger partial charge in [0.2, 0.25) is 11.1 Å². The number of hydrogen-bond donors (Lipinski definition) is 0. The van der Waals surface area contributed by atoms with Crippen molar-refractivity contribution in [2.45, 2.75) is 25.7 Å². The highest BCUT2D eigenvalue weighted by molar-refractivity contribution is 7.09. The van der Waals surface area contributed by atoms with Crippen molar-refractivity contribution in [1.82, 2.24) is 19.3 Å². The van der Waals surface area contributed by atoms with Crippen molar-refractivity contribution >= 4 is 28.4 Å². The molecule has 2 aromatic heterocycles. The molecule has 144 valence electrons. The Morgan fingerprint density at radius 1 is 0.926 bits per heavy atom. The second kappa shape index (κ2) is 7.20. The Morgan fingerprint density at radius 3 is 2.41 bits per heavy atom. The lowest BCUT2D eigenvalue weighted by molar-refractivity contribution is 0.122. The third-order valence-electron chi connectivity index (χ3n) is 5.37. The van der Waals surface area contributed by atoms with E-state index >= 15 is 0 Å². The van der Waals surface area contributed by atoms with Gasteiger partial charge in [-0.05, 0) is 19.8 Å². The van der Waals surface area contributed by atoms with Crippen molar-refractivity contribution in [2.24, 2.45) is 0 Å².